The summed E-state index contributed by atoms with van der Waals surface area (Å²) >= 11 is 0. The first-order valence-corrected chi connectivity index (χ1v) is 6.77. The van der Waals surface area contributed by atoms with Crippen LogP contribution in [0.3, 0.4) is 0 Å². The fourth-order valence-corrected chi connectivity index (χ4v) is 2.39. The SMILES string of the molecule is CN(CC(C)(C)O)C(=O)c1ccc(C2(C#N)CC2)cc1. The summed E-state index contributed by atoms with van der Waals surface area (Å²) in [5, 5.41) is 18.9. The number of aliphatic hydroxyl groups is 1. The largest absolute Gasteiger partial charge is 0.389 e. The van der Waals surface area contributed by atoms with Gasteiger partial charge in [-0.05, 0) is 44.4 Å². The number of carbonyl (C=O) groups excluding carboxylic acids is 1. The first-order chi connectivity index (χ1) is 9.27. The third-order valence-electron chi connectivity index (χ3n) is 3.62. The van der Waals surface area contributed by atoms with Gasteiger partial charge in [0.2, 0.25) is 0 Å². The van der Waals surface area contributed by atoms with Crippen molar-refractivity contribution in [3.05, 3.63) is 35.4 Å². The van der Waals surface area contributed by atoms with Gasteiger partial charge in [0.1, 0.15) is 0 Å². The lowest BCUT2D eigenvalue weighted by Crippen LogP contribution is -2.39. The van der Waals surface area contributed by atoms with Crippen molar-refractivity contribution in [3.8, 4) is 6.07 Å². The highest BCUT2D eigenvalue weighted by atomic mass is 16.3. The molecule has 1 fully saturated rings. The van der Waals surface area contributed by atoms with Gasteiger partial charge >= 0.3 is 0 Å². The first-order valence-electron chi connectivity index (χ1n) is 6.77. The van der Waals surface area contributed by atoms with E-state index in [0.29, 0.717) is 5.56 Å². The number of amides is 1. The summed E-state index contributed by atoms with van der Waals surface area (Å²) in [4.78, 5) is 13.7. The predicted molar refractivity (Wildman–Crippen MR) is 76.2 cm³/mol. The van der Waals surface area contributed by atoms with Crippen LogP contribution in [0.1, 0.15) is 42.6 Å². The lowest BCUT2D eigenvalue weighted by molar-refractivity contribution is 0.0368. The Hall–Kier alpha value is -1.86. The summed E-state index contributed by atoms with van der Waals surface area (Å²) < 4.78 is 0. The maximum Gasteiger partial charge on any atom is 0.253 e. The molecule has 0 radical (unpaired) electrons. The topological polar surface area (TPSA) is 64.3 Å². The van der Waals surface area contributed by atoms with E-state index in [4.69, 9.17) is 5.26 Å². The van der Waals surface area contributed by atoms with Gasteiger partial charge < -0.3 is 10.0 Å². The maximum atomic E-state index is 12.2. The number of nitrogens with zero attached hydrogens (tertiary/aromatic N) is 2. The van der Waals surface area contributed by atoms with Crippen LogP contribution in [0.4, 0.5) is 0 Å². The molecule has 1 aliphatic carbocycles. The molecule has 106 valence electrons. The van der Waals surface area contributed by atoms with Crippen LogP contribution in [0.5, 0.6) is 0 Å². The van der Waals surface area contributed by atoms with Gasteiger partial charge in [0, 0.05) is 19.2 Å². The second-order valence-corrected chi connectivity index (χ2v) is 6.24. The van der Waals surface area contributed by atoms with Crippen molar-refractivity contribution in [2.24, 2.45) is 0 Å². The summed E-state index contributed by atoms with van der Waals surface area (Å²) in [6.45, 7) is 3.61. The van der Waals surface area contributed by atoms with E-state index in [1.165, 1.54) is 4.90 Å². The van der Waals surface area contributed by atoms with Crippen LogP contribution in [0.15, 0.2) is 24.3 Å². The minimum Gasteiger partial charge on any atom is -0.389 e. The molecule has 1 amide bonds. The highest BCUT2D eigenvalue weighted by molar-refractivity contribution is 5.94. The van der Waals surface area contributed by atoms with E-state index in [1.54, 1.807) is 33.0 Å². The van der Waals surface area contributed by atoms with E-state index in [1.807, 2.05) is 12.1 Å². The Bertz CT molecular complexity index is 545. The van der Waals surface area contributed by atoms with Gasteiger partial charge in [-0.15, -0.1) is 0 Å². The molecular weight excluding hydrogens is 252 g/mol. The average molecular weight is 272 g/mol. The molecule has 1 aliphatic rings. The van der Waals surface area contributed by atoms with Crippen LogP contribution in [0.2, 0.25) is 0 Å². The highest BCUT2D eigenvalue weighted by Gasteiger charge is 2.44. The van der Waals surface area contributed by atoms with Gasteiger partial charge in [-0.1, -0.05) is 12.1 Å². The third-order valence-corrected chi connectivity index (χ3v) is 3.62. The first kappa shape index (κ1) is 14.5. The number of carbonyl (C=O) groups is 1. The van der Waals surface area contributed by atoms with Gasteiger partial charge in [-0.25, -0.2) is 0 Å². The summed E-state index contributed by atoms with van der Waals surface area (Å²) in [5.41, 5.74) is 0.333. The van der Waals surface area contributed by atoms with E-state index in [-0.39, 0.29) is 17.9 Å². The number of rotatable bonds is 4. The van der Waals surface area contributed by atoms with E-state index < -0.39 is 5.60 Å². The van der Waals surface area contributed by atoms with E-state index in [2.05, 4.69) is 6.07 Å². The fourth-order valence-electron chi connectivity index (χ4n) is 2.39. The van der Waals surface area contributed by atoms with Crippen molar-refractivity contribution in [2.45, 2.75) is 37.7 Å². The Morgan fingerprint density at radius 1 is 1.40 bits per heavy atom. The predicted octanol–water partition coefficient (Wildman–Crippen LogP) is 2.08. The molecule has 0 bridgehead atoms. The van der Waals surface area contributed by atoms with Crippen molar-refractivity contribution in [2.75, 3.05) is 13.6 Å². The second kappa shape index (κ2) is 4.92. The minimum atomic E-state index is -0.913. The molecule has 1 saturated carbocycles. The monoisotopic (exact) mass is 272 g/mol. The third kappa shape index (κ3) is 3.00. The molecule has 1 N–H and O–H groups in total. The number of hydrogen-bond acceptors (Lipinski definition) is 3. The Kier molecular flexibility index (Phi) is 3.58. The summed E-state index contributed by atoms with van der Waals surface area (Å²) in [5.74, 6) is -0.125. The average Bonchev–Trinajstić information content (AvgIpc) is 3.17. The number of nitriles is 1. The molecular formula is C16H20N2O2. The van der Waals surface area contributed by atoms with Gasteiger partial charge in [-0.2, -0.15) is 5.26 Å². The molecule has 0 aliphatic heterocycles. The van der Waals surface area contributed by atoms with Gasteiger partial charge in [0.25, 0.3) is 5.91 Å². The van der Waals surface area contributed by atoms with Crippen molar-refractivity contribution in [1.29, 1.82) is 5.26 Å². The van der Waals surface area contributed by atoms with Crippen molar-refractivity contribution in [1.82, 2.24) is 4.90 Å². The Morgan fingerprint density at radius 3 is 2.35 bits per heavy atom. The van der Waals surface area contributed by atoms with Crippen LogP contribution in [-0.2, 0) is 5.41 Å². The minimum absolute atomic E-state index is 0.125. The summed E-state index contributed by atoms with van der Waals surface area (Å²) in [6.07, 6.45) is 1.80. The summed E-state index contributed by atoms with van der Waals surface area (Å²) in [7, 11) is 1.67. The Labute approximate surface area is 119 Å². The normalized spacial score (nSPS) is 16.4. The maximum absolute atomic E-state index is 12.2. The summed E-state index contributed by atoms with van der Waals surface area (Å²) in [6, 6.07) is 9.59. The highest BCUT2D eigenvalue weighted by Crippen LogP contribution is 2.47. The molecule has 1 aromatic carbocycles. The lowest BCUT2D eigenvalue weighted by atomic mass is 9.96. The zero-order chi connectivity index (χ0) is 15.0. The molecule has 0 saturated heterocycles. The lowest BCUT2D eigenvalue weighted by Gasteiger charge is -2.25. The molecule has 0 spiro atoms. The van der Waals surface area contributed by atoms with Crippen molar-refractivity contribution in [3.63, 3.8) is 0 Å². The molecule has 20 heavy (non-hydrogen) atoms. The van der Waals surface area contributed by atoms with Crippen LogP contribution in [-0.4, -0.2) is 35.1 Å². The zero-order valence-electron chi connectivity index (χ0n) is 12.2. The number of likely N-dealkylation sites (N-methyl/N-ethyl adjacent to an activating group) is 1. The molecule has 0 heterocycles. The van der Waals surface area contributed by atoms with E-state index in [0.717, 1.165) is 18.4 Å². The van der Waals surface area contributed by atoms with Crippen molar-refractivity contribution >= 4 is 5.91 Å². The molecule has 0 aromatic heterocycles. The Balaban J connectivity index is 2.11. The Morgan fingerprint density at radius 2 is 1.95 bits per heavy atom. The van der Waals surface area contributed by atoms with E-state index in [9.17, 15) is 9.90 Å². The zero-order valence-corrected chi connectivity index (χ0v) is 12.2. The second-order valence-electron chi connectivity index (χ2n) is 6.24. The number of hydrogen-bond donors (Lipinski definition) is 1. The van der Waals surface area contributed by atoms with Crippen LogP contribution >= 0.6 is 0 Å². The quantitative estimate of drug-likeness (QED) is 0.912. The van der Waals surface area contributed by atoms with Gasteiger partial charge in [0.05, 0.1) is 17.1 Å². The van der Waals surface area contributed by atoms with Gasteiger partial charge in [-0.3, -0.25) is 4.79 Å². The molecule has 0 unspecified atom stereocenters. The molecule has 2 rings (SSSR count). The molecule has 4 heteroatoms. The standard InChI is InChI=1S/C16H20N2O2/c1-15(2,20)11-18(3)14(19)12-4-6-13(7-5-12)16(10-17)8-9-16/h4-7,20H,8-9,11H2,1-3H3. The van der Waals surface area contributed by atoms with Crippen LogP contribution < -0.4 is 0 Å². The van der Waals surface area contributed by atoms with Crippen LogP contribution in [0, 0.1) is 11.3 Å². The molecule has 1 aromatic rings. The van der Waals surface area contributed by atoms with Crippen LogP contribution in [0.25, 0.3) is 0 Å². The van der Waals surface area contributed by atoms with Crippen molar-refractivity contribution < 1.29 is 9.90 Å². The van der Waals surface area contributed by atoms with E-state index >= 15 is 0 Å². The molecule has 0 atom stereocenters. The molecule has 4 nitrogen and oxygen atoms in total. The number of benzene rings is 1. The smallest absolute Gasteiger partial charge is 0.253 e. The fraction of sp³-hybridized carbons (Fsp3) is 0.500. The van der Waals surface area contributed by atoms with Gasteiger partial charge in [0.15, 0.2) is 0 Å².